The normalized spacial score (nSPS) is 18.5. The molecule has 0 spiro atoms. The van der Waals surface area contributed by atoms with Crippen molar-refractivity contribution in [1.29, 1.82) is 0 Å². The topological polar surface area (TPSA) is 51.7 Å². The van der Waals surface area contributed by atoms with Gasteiger partial charge in [-0.2, -0.15) is 9.61 Å². The van der Waals surface area contributed by atoms with E-state index in [-0.39, 0.29) is 5.56 Å². The highest BCUT2D eigenvalue weighted by atomic mass is 32.1. The predicted octanol–water partition coefficient (Wildman–Crippen LogP) is 1.55. The van der Waals surface area contributed by atoms with Crippen LogP contribution in [0.2, 0.25) is 0 Å². The summed E-state index contributed by atoms with van der Waals surface area (Å²) in [5, 5.41) is 5.45. The lowest BCUT2D eigenvalue weighted by Gasteiger charge is -2.29. The van der Waals surface area contributed by atoms with E-state index in [1.165, 1.54) is 57.2 Å². The highest BCUT2D eigenvalue weighted by Crippen LogP contribution is 2.27. The molecular weight excluding hydrogens is 320 g/mol. The lowest BCUT2D eigenvalue weighted by molar-refractivity contribution is -0.926. The second-order valence-corrected chi connectivity index (χ2v) is 7.63. The number of hydrogen-bond acceptors (Lipinski definition) is 4. The summed E-state index contributed by atoms with van der Waals surface area (Å²) in [4.78, 5) is 18.6. The van der Waals surface area contributed by atoms with Gasteiger partial charge in [-0.25, -0.2) is 4.98 Å². The minimum atomic E-state index is -0.0966. The van der Waals surface area contributed by atoms with E-state index in [1.807, 2.05) is 6.92 Å². The molecule has 0 aliphatic heterocycles. The smallest absolute Gasteiger partial charge is 0.275 e. The van der Waals surface area contributed by atoms with E-state index in [2.05, 4.69) is 41.4 Å². The van der Waals surface area contributed by atoms with Crippen molar-refractivity contribution in [2.24, 2.45) is 0 Å². The van der Waals surface area contributed by atoms with Crippen LogP contribution in [0, 0.1) is 6.92 Å². The Labute approximate surface area is 144 Å². The maximum Gasteiger partial charge on any atom is 0.275 e. The largest absolute Gasteiger partial charge is 0.325 e. The van der Waals surface area contributed by atoms with Gasteiger partial charge in [-0.05, 0) is 25.3 Å². The molecule has 2 aromatic heterocycles. The molecule has 24 heavy (non-hydrogen) atoms. The van der Waals surface area contributed by atoms with E-state index in [1.54, 1.807) is 0 Å². The fraction of sp³-hybridized carbons (Fsp3) is 0.389. The van der Waals surface area contributed by atoms with Crippen LogP contribution in [0.5, 0.6) is 0 Å². The Bertz CT molecular complexity index is 946. The van der Waals surface area contributed by atoms with Crippen LogP contribution in [0.25, 0.3) is 4.96 Å². The Morgan fingerprint density at radius 1 is 1.38 bits per heavy atom. The van der Waals surface area contributed by atoms with Gasteiger partial charge in [-0.1, -0.05) is 35.6 Å². The highest BCUT2D eigenvalue weighted by Gasteiger charge is 2.27. The van der Waals surface area contributed by atoms with Crippen LogP contribution in [0.1, 0.15) is 40.7 Å². The van der Waals surface area contributed by atoms with Gasteiger partial charge in [0, 0.05) is 23.7 Å². The molecule has 6 heteroatoms. The number of benzene rings is 1. The third-order valence-corrected chi connectivity index (χ3v) is 5.72. The number of quaternary nitrogens is 1. The molecule has 0 saturated heterocycles. The number of aromatic nitrogens is 3. The molecule has 1 aliphatic rings. The maximum atomic E-state index is 12.0. The van der Waals surface area contributed by atoms with Crippen molar-refractivity contribution in [3.63, 3.8) is 0 Å². The quantitative estimate of drug-likeness (QED) is 0.786. The van der Waals surface area contributed by atoms with Crippen molar-refractivity contribution in [3.8, 4) is 0 Å². The SMILES string of the molecule is Cc1cc(=O)n2nc(C[NH+](C)[C@@H]3CCCc4ccccc43)sc2n1. The first kappa shape index (κ1) is 15.5. The number of hydrogen-bond donors (Lipinski definition) is 1. The molecule has 2 atom stereocenters. The minimum Gasteiger partial charge on any atom is -0.325 e. The maximum absolute atomic E-state index is 12.0. The van der Waals surface area contributed by atoms with Crippen LogP contribution in [0.15, 0.2) is 35.1 Å². The first-order valence-corrected chi connectivity index (χ1v) is 9.20. The number of nitrogens with one attached hydrogen (secondary N) is 1. The summed E-state index contributed by atoms with van der Waals surface area (Å²) in [7, 11) is 2.22. The first-order valence-electron chi connectivity index (χ1n) is 8.38. The molecule has 3 aromatic rings. The van der Waals surface area contributed by atoms with Crippen molar-refractivity contribution < 1.29 is 4.90 Å². The summed E-state index contributed by atoms with van der Waals surface area (Å²) in [5.74, 6) is 0. The van der Waals surface area contributed by atoms with Crippen LogP contribution >= 0.6 is 11.3 Å². The van der Waals surface area contributed by atoms with E-state index in [0.717, 1.165) is 17.2 Å². The van der Waals surface area contributed by atoms with Gasteiger partial charge >= 0.3 is 0 Å². The zero-order chi connectivity index (χ0) is 16.7. The van der Waals surface area contributed by atoms with Crippen molar-refractivity contribution in [2.45, 2.75) is 38.8 Å². The molecule has 1 N–H and O–H groups in total. The van der Waals surface area contributed by atoms with Gasteiger partial charge in [-0.3, -0.25) is 4.79 Å². The molecule has 1 unspecified atom stereocenters. The summed E-state index contributed by atoms with van der Waals surface area (Å²) in [5.41, 5.74) is 3.59. The lowest BCUT2D eigenvalue weighted by Crippen LogP contribution is -3.08. The highest BCUT2D eigenvalue weighted by molar-refractivity contribution is 7.16. The van der Waals surface area contributed by atoms with E-state index in [0.29, 0.717) is 11.0 Å². The molecule has 0 saturated carbocycles. The van der Waals surface area contributed by atoms with Crippen LogP contribution < -0.4 is 10.5 Å². The van der Waals surface area contributed by atoms with Crippen LogP contribution in [0.3, 0.4) is 0 Å². The second-order valence-electron chi connectivity index (χ2n) is 6.59. The van der Waals surface area contributed by atoms with Gasteiger partial charge in [0.05, 0.1) is 7.05 Å². The summed E-state index contributed by atoms with van der Waals surface area (Å²) >= 11 is 1.52. The molecule has 0 fully saturated rings. The zero-order valence-electron chi connectivity index (χ0n) is 14.0. The van der Waals surface area contributed by atoms with Crippen molar-refractivity contribution in [1.82, 2.24) is 14.6 Å². The van der Waals surface area contributed by atoms with Gasteiger partial charge in [0.15, 0.2) is 5.01 Å². The Morgan fingerprint density at radius 3 is 3.08 bits per heavy atom. The number of aryl methyl sites for hydroxylation is 2. The van der Waals surface area contributed by atoms with E-state index in [4.69, 9.17) is 0 Å². The second kappa shape index (κ2) is 6.11. The molecule has 2 heterocycles. The molecule has 0 bridgehead atoms. The standard InChI is InChI=1S/C18H20N4OS/c1-12-10-17(23)22-18(19-12)24-16(20-22)11-21(2)15-9-5-7-13-6-3-4-8-14(13)15/h3-4,6,8,10,15H,5,7,9,11H2,1-2H3/p+1/t15-/m1/s1. The molecule has 4 rings (SSSR count). The van der Waals surface area contributed by atoms with Crippen LogP contribution in [0.4, 0.5) is 0 Å². The summed E-state index contributed by atoms with van der Waals surface area (Å²) in [6.45, 7) is 2.66. The van der Waals surface area contributed by atoms with Crippen molar-refractivity contribution in [2.75, 3.05) is 7.05 Å². The third kappa shape index (κ3) is 2.76. The molecular formula is C18H21N4OS+. The number of nitrogens with zero attached hydrogens (tertiary/aromatic N) is 3. The molecule has 1 aromatic carbocycles. The van der Waals surface area contributed by atoms with Crippen LogP contribution in [-0.2, 0) is 13.0 Å². The average Bonchev–Trinajstić information content (AvgIpc) is 2.97. The Balaban J connectivity index is 1.62. The fourth-order valence-corrected chi connectivity index (χ4v) is 4.70. The Morgan fingerprint density at radius 2 is 2.21 bits per heavy atom. The lowest BCUT2D eigenvalue weighted by atomic mass is 9.87. The van der Waals surface area contributed by atoms with E-state index < -0.39 is 0 Å². The average molecular weight is 341 g/mol. The molecule has 0 radical (unpaired) electrons. The van der Waals surface area contributed by atoms with E-state index >= 15 is 0 Å². The summed E-state index contributed by atoms with van der Waals surface area (Å²) < 4.78 is 1.43. The number of fused-ring (bicyclic) bond motifs is 2. The molecule has 124 valence electrons. The Hall–Kier alpha value is -2.05. The molecule has 5 nitrogen and oxygen atoms in total. The third-order valence-electron chi connectivity index (χ3n) is 4.81. The fourth-order valence-electron chi connectivity index (χ4n) is 3.66. The molecule has 1 aliphatic carbocycles. The van der Waals surface area contributed by atoms with Gasteiger partial charge in [-0.15, -0.1) is 0 Å². The zero-order valence-corrected chi connectivity index (χ0v) is 14.8. The van der Waals surface area contributed by atoms with Gasteiger partial charge in [0.1, 0.15) is 12.6 Å². The minimum absolute atomic E-state index is 0.0966. The monoisotopic (exact) mass is 341 g/mol. The summed E-state index contributed by atoms with van der Waals surface area (Å²) in [6, 6.07) is 10.8. The van der Waals surface area contributed by atoms with Gasteiger partial charge in [0.2, 0.25) is 4.96 Å². The van der Waals surface area contributed by atoms with E-state index in [9.17, 15) is 4.79 Å². The predicted molar refractivity (Wildman–Crippen MR) is 94.6 cm³/mol. The summed E-state index contributed by atoms with van der Waals surface area (Å²) in [6.07, 6.45) is 3.61. The van der Waals surface area contributed by atoms with Gasteiger partial charge in [0.25, 0.3) is 5.56 Å². The molecule has 0 amide bonds. The number of rotatable bonds is 3. The van der Waals surface area contributed by atoms with Crippen LogP contribution in [-0.4, -0.2) is 21.6 Å². The van der Waals surface area contributed by atoms with Gasteiger partial charge < -0.3 is 4.90 Å². The van der Waals surface area contributed by atoms with Crippen molar-refractivity contribution in [3.05, 3.63) is 62.5 Å². The Kier molecular flexibility index (Phi) is 3.94. The van der Waals surface area contributed by atoms with Crippen molar-refractivity contribution >= 4 is 16.3 Å². The first-order chi connectivity index (χ1) is 11.6.